The van der Waals surface area contributed by atoms with E-state index in [1.165, 1.54) is 6.92 Å². The summed E-state index contributed by atoms with van der Waals surface area (Å²) in [5.41, 5.74) is 1.47. The lowest BCUT2D eigenvalue weighted by molar-refractivity contribution is -0.0700. The predicted octanol–water partition coefficient (Wildman–Crippen LogP) is 1.58. The molecule has 1 aliphatic carbocycles. The summed E-state index contributed by atoms with van der Waals surface area (Å²) in [6, 6.07) is 4.00. The quantitative estimate of drug-likeness (QED) is 0.456. The Balaban J connectivity index is 1.38. The van der Waals surface area contributed by atoms with Crippen molar-refractivity contribution in [1.82, 2.24) is 34.4 Å². The Labute approximate surface area is 209 Å². The highest BCUT2D eigenvalue weighted by molar-refractivity contribution is 7.94. The van der Waals surface area contributed by atoms with Gasteiger partial charge in [0.25, 0.3) is 0 Å². The second kappa shape index (κ2) is 8.36. The Kier molecular flexibility index (Phi) is 5.66. The molecule has 1 saturated carbocycles. The van der Waals surface area contributed by atoms with E-state index in [-0.39, 0.29) is 6.42 Å². The Morgan fingerprint density at radius 3 is 2.61 bits per heavy atom. The first-order chi connectivity index (χ1) is 17.0. The van der Waals surface area contributed by atoms with Crippen molar-refractivity contribution in [2.24, 2.45) is 7.05 Å². The van der Waals surface area contributed by atoms with Crippen LogP contribution < -0.4 is 5.32 Å². The average Bonchev–Trinajstić information content (AvgIpc) is 3.40. The first-order valence-corrected chi connectivity index (χ1v) is 13.1. The summed E-state index contributed by atoms with van der Waals surface area (Å²) in [5.74, 6) is 0.409. The lowest BCUT2D eigenvalue weighted by Crippen LogP contribution is -2.75. The Hall–Kier alpha value is -3.34. The van der Waals surface area contributed by atoms with Gasteiger partial charge in [0.05, 0.1) is 36.3 Å². The fraction of sp³-hybridized carbons (Fsp3) is 0.478. The molecule has 1 aliphatic heterocycles. The molecular formula is C23H28N9O3S. The fourth-order valence-corrected chi connectivity index (χ4v) is 7.10. The summed E-state index contributed by atoms with van der Waals surface area (Å²) in [6.07, 6.45) is 10.4. The van der Waals surface area contributed by atoms with Crippen LogP contribution in [0.5, 0.6) is 0 Å². The second-order valence-corrected chi connectivity index (χ2v) is 12.5. The number of sulfone groups is 1. The van der Waals surface area contributed by atoms with Crippen LogP contribution in [0.2, 0.25) is 0 Å². The number of anilines is 2. The summed E-state index contributed by atoms with van der Waals surface area (Å²) in [5, 5.41) is 31.6. The highest BCUT2D eigenvalue weighted by Gasteiger charge is 2.64. The number of aryl methyl sites for hydroxylation is 1. The molecule has 0 amide bonds. The van der Waals surface area contributed by atoms with Gasteiger partial charge in [0.2, 0.25) is 5.95 Å². The van der Waals surface area contributed by atoms with E-state index < -0.39 is 25.2 Å². The van der Waals surface area contributed by atoms with Crippen LogP contribution in [0.15, 0.2) is 37.1 Å². The molecule has 2 fully saturated rings. The van der Waals surface area contributed by atoms with Gasteiger partial charge < -0.3 is 10.4 Å². The van der Waals surface area contributed by atoms with Crippen molar-refractivity contribution in [2.45, 2.75) is 47.9 Å². The van der Waals surface area contributed by atoms with Crippen LogP contribution in [0.25, 0.3) is 11.3 Å². The van der Waals surface area contributed by atoms with Crippen molar-refractivity contribution in [3.63, 3.8) is 0 Å². The molecule has 5 rings (SSSR count). The Morgan fingerprint density at radius 1 is 1.28 bits per heavy atom. The van der Waals surface area contributed by atoms with Gasteiger partial charge in [-0.25, -0.2) is 18.4 Å². The average molecular weight is 511 g/mol. The van der Waals surface area contributed by atoms with Crippen molar-refractivity contribution in [1.29, 1.82) is 5.26 Å². The third kappa shape index (κ3) is 3.76. The molecule has 13 heteroatoms. The number of hydrogen-bond donors (Lipinski definition) is 2. The predicted molar refractivity (Wildman–Crippen MR) is 131 cm³/mol. The van der Waals surface area contributed by atoms with Crippen molar-refractivity contribution in [2.75, 3.05) is 18.4 Å². The Morgan fingerprint density at radius 2 is 2.03 bits per heavy atom. The number of nitriles is 1. The van der Waals surface area contributed by atoms with Crippen LogP contribution in [-0.4, -0.2) is 70.8 Å². The third-order valence-electron chi connectivity index (χ3n) is 7.15. The molecule has 189 valence electrons. The van der Waals surface area contributed by atoms with Gasteiger partial charge in [-0.2, -0.15) is 15.5 Å². The highest BCUT2D eigenvalue weighted by atomic mass is 32.2. The maximum atomic E-state index is 13.2. The molecule has 2 aliphatic rings. The van der Waals surface area contributed by atoms with E-state index in [1.54, 1.807) is 34.0 Å². The van der Waals surface area contributed by atoms with E-state index in [2.05, 4.69) is 38.5 Å². The molecule has 36 heavy (non-hydrogen) atoms. The first-order valence-electron chi connectivity index (χ1n) is 11.6. The zero-order chi connectivity index (χ0) is 25.8. The minimum atomic E-state index is -3.95. The molecule has 3 aromatic heterocycles. The van der Waals surface area contributed by atoms with Gasteiger partial charge >= 0.3 is 0 Å². The van der Waals surface area contributed by atoms with E-state index in [0.29, 0.717) is 37.6 Å². The second-order valence-electron chi connectivity index (χ2n) is 9.86. The molecular weight excluding hydrogens is 482 g/mol. The van der Waals surface area contributed by atoms with Gasteiger partial charge in [0, 0.05) is 44.3 Å². The van der Waals surface area contributed by atoms with Gasteiger partial charge in [0.1, 0.15) is 10.4 Å². The number of aliphatic hydroxyl groups is 1. The maximum absolute atomic E-state index is 13.2. The van der Waals surface area contributed by atoms with Crippen molar-refractivity contribution in [3.8, 4) is 17.3 Å². The van der Waals surface area contributed by atoms with E-state index in [0.717, 1.165) is 17.7 Å². The Bertz CT molecular complexity index is 1420. The molecule has 3 aromatic rings. The van der Waals surface area contributed by atoms with E-state index in [1.807, 2.05) is 24.3 Å². The molecule has 0 spiro atoms. The zero-order valence-corrected chi connectivity index (χ0v) is 21.0. The molecule has 1 unspecified atom stereocenters. The molecule has 1 radical (unpaired) electrons. The van der Waals surface area contributed by atoms with Crippen LogP contribution >= 0.6 is 0 Å². The van der Waals surface area contributed by atoms with Crippen LogP contribution in [0.3, 0.4) is 0 Å². The van der Waals surface area contributed by atoms with Crippen molar-refractivity contribution in [3.05, 3.63) is 44.0 Å². The lowest BCUT2D eigenvalue weighted by Gasteiger charge is -2.60. The van der Waals surface area contributed by atoms with Crippen molar-refractivity contribution >= 4 is 21.5 Å². The van der Waals surface area contributed by atoms with Gasteiger partial charge in [0.15, 0.2) is 14.8 Å². The van der Waals surface area contributed by atoms with Crippen LogP contribution in [0, 0.1) is 18.3 Å². The number of likely N-dealkylation sites (tertiary alicyclic amines) is 1. The lowest BCUT2D eigenvalue weighted by atomic mass is 9.80. The fourth-order valence-electron chi connectivity index (χ4n) is 4.99. The summed E-state index contributed by atoms with van der Waals surface area (Å²) < 4.78 is 29.8. The van der Waals surface area contributed by atoms with Gasteiger partial charge in [-0.3, -0.25) is 14.3 Å². The largest absolute Gasteiger partial charge is 0.374 e. The first kappa shape index (κ1) is 24.4. The highest BCUT2D eigenvalue weighted by Crippen LogP contribution is 2.51. The number of nitrogens with one attached hydrogen (secondary N) is 1. The number of nitrogens with zero attached hydrogens (tertiary/aromatic N) is 8. The molecule has 12 nitrogen and oxygen atoms in total. The van der Waals surface area contributed by atoms with Gasteiger partial charge in [-0.15, -0.1) is 0 Å². The number of rotatable bonds is 8. The standard InChI is InChI=1S/C23H28N9O3S/c1-21(2,33)36(34,35)23(6-4-7-23)31-15-22(16-31,8-9-24)32-13-17(11-27-32)19-5-10-25-20(29-19)28-18-12-26-30(3)14-18/h5,10-14,33H,1,4,6-8,15-16H2,2-3H3,(H,25,28,29). The zero-order valence-electron chi connectivity index (χ0n) is 20.2. The molecule has 0 bridgehead atoms. The molecule has 0 aromatic carbocycles. The molecule has 4 heterocycles. The smallest absolute Gasteiger partial charge is 0.227 e. The maximum Gasteiger partial charge on any atom is 0.227 e. The minimum Gasteiger partial charge on any atom is -0.374 e. The van der Waals surface area contributed by atoms with Gasteiger partial charge in [-0.1, -0.05) is 0 Å². The SMILES string of the molecule is [CH2]C(C)(O)S(=O)(=O)C1(N2CC(CC#N)(n3cc(-c4ccnc(Nc5cnn(C)c5)n4)cn3)C2)CCC1. The van der Waals surface area contributed by atoms with E-state index in [9.17, 15) is 18.8 Å². The van der Waals surface area contributed by atoms with Gasteiger partial charge in [-0.05, 0) is 39.2 Å². The van der Waals surface area contributed by atoms with Crippen LogP contribution in [-0.2, 0) is 22.4 Å². The topological polar surface area (TPSA) is 155 Å². The summed E-state index contributed by atoms with van der Waals surface area (Å²) >= 11 is 0. The van der Waals surface area contributed by atoms with E-state index in [4.69, 9.17) is 0 Å². The number of hydrogen-bond acceptors (Lipinski definition) is 10. The summed E-state index contributed by atoms with van der Waals surface area (Å²) in [6.45, 7) is 5.35. The third-order valence-corrected chi connectivity index (χ3v) is 9.97. The monoisotopic (exact) mass is 510 g/mol. The number of aromatic nitrogens is 6. The van der Waals surface area contributed by atoms with E-state index >= 15 is 0 Å². The molecule has 2 N–H and O–H groups in total. The summed E-state index contributed by atoms with van der Waals surface area (Å²) in [7, 11) is -2.13. The van der Waals surface area contributed by atoms with Crippen molar-refractivity contribution < 1.29 is 13.5 Å². The van der Waals surface area contributed by atoms with Crippen LogP contribution in [0.1, 0.15) is 32.6 Å². The molecule has 1 saturated heterocycles. The molecule has 1 atom stereocenters. The van der Waals surface area contributed by atoms with Crippen LogP contribution in [0.4, 0.5) is 11.6 Å². The minimum absolute atomic E-state index is 0.166. The summed E-state index contributed by atoms with van der Waals surface area (Å²) in [4.78, 5) is 7.43. The normalized spacial score (nSPS) is 19.2.